The fourth-order valence-corrected chi connectivity index (χ4v) is 4.43. The molecule has 1 saturated heterocycles. The summed E-state index contributed by atoms with van der Waals surface area (Å²) in [6, 6.07) is 15.2. The minimum absolute atomic E-state index is 0.00317. The number of fused-ring (bicyclic) bond motifs is 1. The number of ether oxygens (including phenoxy) is 3. The standard InChI is InChI=1S/C27H20F3NO6/c1-15-4-2-5-16(12-15)23-22(24(32)17-8-9-20-21(13-17)36-11-10-35-20)25(33)26(34)31(23)18-6-3-7-19(14-18)37-27(28,29)30/h2-9,12-14,23,32H,10-11H2,1H3/b24-22-. The molecule has 1 N–H and O–H groups in total. The largest absolute Gasteiger partial charge is 0.573 e. The molecule has 1 unspecified atom stereocenters. The van der Waals surface area contributed by atoms with Gasteiger partial charge in [0.05, 0.1) is 11.6 Å². The van der Waals surface area contributed by atoms with E-state index in [4.69, 9.17) is 9.47 Å². The maximum atomic E-state index is 13.3. The number of hydrogen-bond donors (Lipinski definition) is 1. The average molecular weight is 511 g/mol. The summed E-state index contributed by atoms with van der Waals surface area (Å²) >= 11 is 0. The molecule has 2 aliphatic heterocycles. The lowest BCUT2D eigenvalue weighted by molar-refractivity contribution is -0.274. The van der Waals surface area contributed by atoms with Gasteiger partial charge < -0.3 is 19.3 Å². The predicted octanol–water partition coefficient (Wildman–Crippen LogP) is 5.29. The number of aryl methyl sites for hydroxylation is 1. The van der Waals surface area contributed by atoms with Crippen LogP contribution in [0.1, 0.15) is 22.7 Å². The number of carbonyl (C=O) groups excluding carboxylic acids is 2. The second-order valence-electron chi connectivity index (χ2n) is 8.49. The molecule has 10 heteroatoms. The molecule has 2 heterocycles. The van der Waals surface area contributed by atoms with E-state index in [0.29, 0.717) is 30.3 Å². The number of halogens is 3. The molecule has 2 aliphatic rings. The Hall–Kier alpha value is -4.47. The number of alkyl halides is 3. The van der Waals surface area contributed by atoms with E-state index in [-0.39, 0.29) is 16.8 Å². The highest BCUT2D eigenvalue weighted by molar-refractivity contribution is 6.51. The first kappa shape index (κ1) is 24.2. The van der Waals surface area contributed by atoms with E-state index in [2.05, 4.69) is 4.74 Å². The van der Waals surface area contributed by atoms with Crippen LogP contribution in [0.3, 0.4) is 0 Å². The van der Waals surface area contributed by atoms with Crippen molar-refractivity contribution in [2.45, 2.75) is 19.3 Å². The van der Waals surface area contributed by atoms with Crippen LogP contribution in [0.5, 0.6) is 17.2 Å². The van der Waals surface area contributed by atoms with Crippen LogP contribution in [0.15, 0.2) is 72.3 Å². The van der Waals surface area contributed by atoms with Crippen molar-refractivity contribution < 1.29 is 42.1 Å². The number of amides is 1. The molecular weight excluding hydrogens is 491 g/mol. The lowest BCUT2D eigenvalue weighted by Gasteiger charge is -2.26. The normalized spacial score (nSPS) is 18.7. The summed E-state index contributed by atoms with van der Waals surface area (Å²) < 4.78 is 53.6. The molecule has 0 spiro atoms. The van der Waals surface area contributed by atoms with Crippen molar-refractivity contribution in [1.82, 2.24) is 0 Å². The quantitative estimate of drug-likeness (QED) is 0.291. The van der Waals surface area contributed by atoms with Crippen LogP contribution in [-0.4, -0.2) is 36.4 Å². The second kappa shape index (κ2) is 9.20. The van der Waals surface area contributed by atoms with Crippen LogP contribution in [-0.2, 0) is 9.59 Å². The zero-order chi connectivity index (χ0) is 26.3. The molecule has 0 bridgehead atoms. The Labute approximate surface area is 209 Å². The minimum Gasteiger partial charge on any atom is -0.507 e. The Morgan fingerprint density at radius 3 is 2.43 bits per heavy atom. The zero-order valence-corrected chi connectivity index (χ0v) is 19.4. The number of carbonyl (C=O) groups is 2. The van der Waals surface area contributed by atoms with Crippen molar-refractivity contribution in [3.8, 4) is 17.2 Å². The monoisotopic (exact) mass is 511 g/mol. The minimum atomic E-state index is -4.94. The highest BCUT2D eigenvalue weighted by Gasteiger charge is 2.47. The van der Waals surface area contributed by atoms with Crippen molar-refractivity contribution in [1.29, 1.82) is 0 Å². The van der Waals surface area contributed by atoms with E-state index < -0.39 is 35.6 Å². The lowest BCUT2D eigenvalue weighted by Crippen LogP contribution is -2.29. The molecule has 3 aromatic carbocycles. The zero-order valence-electron chi connectivity index (χ0n) is 19.4. The van der Waals surface area contributed by atoms with Gasteiger partial charge in [-0.3, -0.25) is 14.5 Å². The summed E-state index contributed by atoms with van der Waals surface area (Å²) in [7, 11) is 0. The molecule has 0 aliphatic carbocycles. The predicted molar refractivity (Wildman–Crippen MR) is 127 cm³/mol. The van der Waals surface area contributed by atoms with E-state index in [9.17, 15) is 27.9 Å². The molecule has 5 rings (SSSR count). The number of rotatable bonds is 4. The molecule has 1 amide bonds. The lowest BCUT2D eigenvalue weighted by atomic mass is 9.94. The molecule has 0 saturated carbocycles. The first-order valence-corrected chi connectivity index (χ1v) is 11.3. The third-order valence-electron chi connectivity index (χ3n) is 5.95. The van der Waals surface area contributed by atoms with Gasteiger partial charge in [0.1, 0.15) is 24.7 Å². The van der Waals surface area contributed by atoms with Crippen molar-refractivity contribution in [2.75, 3.05) is 18.1 Å². The van der Waals surface area contributed by atoms with Crippen molar-refractivity contribution in [3.05, 3.63) is 89.0 Å². The summed E-state index contributed by atoms with van der Waals surface area (Å²) in [6.07, 6.45) is -4.94. The molecule has 3 aromatic rings. The Bertz CT molecular complexity index is 1430. The van der Waals surface area contributed by atoms with Gasteiger partial charge >= 0.3 is 6.36 Å². The van der Waals surface area contributed by atoms with E-state index in [1.54, 1.807) is 24.3 Å². The third kappa shape index (κ3) is 4.69. The summed E-state index contributed by atoms with van der Waals surface area (Å²) in [5.41, 5.74) is 1.30. The number of aliphatic hydroxyl groups excluding tert-OH is 1. The van der Waals surface area contributed by atoms with E-state index >= 15 is 0 Å². The number of anilines is 1. The van der Waals surface area contributed by atoms with Gasteiger partial charge in [-0.25, -0.2) is 0 Å². The van der Waals surface area contributed by atoms with Crippen LogP contribution in [0.25, 0.3) is 5.76 Å². The molecule has 190 valence electrons. The first-order chi connectivity index (χ1) is 17.6. The summed E-state index contributed by atoms with van der Waals surface area (Å²) in [5, 5.41) is 11.3. The SMILES string of the molecule is Cc1cccc(C2/C(=C(/O)c3ccc4c(c3)OCCO4)C(=O)C(=O)N2c2cccc(OC(F)(F)F)c2)c1. The van der Waals surface area contributed by atoms with Crippen LogP contribution in [0.2, 0.25) is 0 Å². The number of benzene rings is 3. The molecule has 37 heavy (non-hydrogen) atoms. The Kier molecular flexibility index (Phi) is 6.02. The Morgan fingerprint density at radius 1 is 0.973 bits per heavy atom. The van der Waals surface area contributed by atoms with Crippen molar-refractivity contribution in [2.24, 2.45) is 0 Å². The molecule has 0 aromatic heterocycles. The summed E-state index contributed by atoms with van der Waals surface area (Å²) in [6.45, 7) is 2.49. The molecular formula is C27H20F3NO6. The third-order valence-corrected chi connectivity index (χ3v) is 5.95. The Balaban J connectivity index is 1.66. The summed E-state index contributed by atoms with van der Waals surface area (Å²) in [4.78, 5) is 27.6. The first-order valence-electron chi connectivity index (χ1n) is 11.3. The fraction of sp³-hybridized carbons (Fsp3) is 0.185. The average Bonchev–Trinajstić information content (AvgIpc) is 3.13. The second-order valence-corrected chi connectivity index (χ2v) is 8.49. The van der Waals surface area contributed by atoms with Gasteiger partial charge in [-0.1, -0.05) is 35.9 Å². The van der Waals surface area contributed by atoms with Gasteiger partial charge in [-0.2, -0.15) is 0 Å². The highest BCUT2D eigenvalue weighted by atomic mass is 19.4. The Morgan fingerprint density at radius 2 is 1.70 bits per heavy atom. The van der Waals surface area contributed by atoms with Crippen LogP contribution in [0.4, 0.5) is 18.9 Å². The number of nitrogens with zero attached hydrogens (tertiary/aromatic N) is 1. The molecule has 1 atom stereocenters. The number of hydrogen-bond acceptors (Lipinski definition) is 6. The molecule has 7 nitrogen and oxygen atoms in total. The van der Waals surface area contributed by atoms with E-state index in [1.165, 1.54) is 24.3 Å². The number of ketones is 1. The van der Waals surface area contributed by atoms with Crippen molar-refractivity contribution in [3.63, 3.8) is 0 Å². The molecule has 1 fully saturated rings. The van der Waals surface area contributed by atoms with Crippen LogP contribution >= 0.6 is 0 Å². The molecule has 0 radical (unpaired) electrons. The van der Waals surface area contributed by atoms with E-state index in [0.717, 1.165) is 22.6 Å². The van der Waals surface area contributed by atoms with Crippen molar-refractivity contribution >= 4 is 23.1 Å². The highest BCUT2D eigenvalue weighted by Crippen LogP contribution is 2.44. The fourth-order valence-electron chi connectivity index (χ4n) is 4.43. The maximum Gasteiger partial charge on any atom is 0.573 e. The number of aliphatic hydroxyl groups is 1. The van der Waals surface area contributed by atoms with Gasteiger partial charge in [-0.15, -0.1) is 13.2 Å². The van der Waals surface area contributed by atoms with Gasteiger partial charge in [0.25, 0.3) is 11.7 Å². The van der Waals surface area contributed by atoms with Crippen LogP contribution < -0.4 is 19.1 Å². The smallest absolute Gasteiger partial charge is 0.507 e. The van der Waals surface area contributed by atoms with Gasteiger partial charge in [0.15, 0.2) is 11.5 Å². The summed E-state index contributed by atoms with van der Waals surface area (Å²) in [5.74, 6) is -2.15. The topological polar surface area (TPSA) is 85.3 Å². The van der Waals surface area contributed by atoms with Gasteiger partial charge in [-0.05, 0) is 42.8 Å². The van der Waals surface area contributed by atoms with Gasteiger partial charge in [0.2, 0.25) is 0 Å². The number of Topliss-reactive ketones (excluding diaryl/α,β-unsaturated/α-hetero) is 1. The maximum absolute atomic E-state index is 13.3. The van der Waals surface area contributed by atoms with Crippen LogP contribution in [0, 0.1) is 6.92 Å². The van der Waals surface area contributed by atoms with Gasteiger partial charge in [0, 0.05) is 17.3 Å². The van der Waals surface area contributed by atoms with E-state index in [1.807, 2.05) is 13.0 Å².